The normalized spacial score (nSPS) is 14.7. The predicted octanol–water partition coefficient (Wildman–Crippen LogP) is 8.20. The van der Waals surface area contributed by atoms with Crippen molar-refractivity contribution >= 4 is 23.5 Å². The highest BCUT2D eigenvalue weighted by molar-refractivity contribution is 7.99. The summed E-state index contributed by atoms with van der Waals surface area (Å²) in [6, 6.07) is 1.65. The van der Waals surface area contributed by atoms with Crippen molar-refractivity contribution in [2.24, 2.45) is 17.8 Å². The zero-order chi connectivity index (χ0) is 25.3. The van der Waals surface area contributed by atoms with Crippen LogP contribution in [0.3, 0.4) is 0 Å². The molecule has 0 aliphatic carbocycles. The summed E-state index contributed by atoms with van der Waals surface area (Å²) in [6.45, 7) is 11.6. The fraction of sp³-hybridized carbons (Fsp3) is 0.714. The van der Waals surface area contributed by atoms with E-state index >= 15 is 0 Å². The molecule has 4 nitrogen and oxygen atoms in total. The highest BCUT2D eigenvalue weighted by Crippen LogP contribution is 2.22. The molecule has 6 heteroatoms. The third-order valence-electron chi connectivity index (χ3n) is 6.32. The Balaban J connectivity index is 2.17. The van der Waals surface area contributed by atoms with Crippen molar-refractivity contribution < 1.29 is 14.3 Å². The Morgan fingerprint density at radius 1 is 1.09 bits per heavy atom. The number of hydrogen-bond donors (Lipinski definition) is 2. The molecule has 1 aromatic rings. The minimum absolute atomic E-state index is 0.245. The van der Waals surface area contributed by atoms with Gasteiger partial charge in [0.25, 0.3) is 0 Å². The van der Waals surface area contributed by atoms with Gasteiger partial charge in [-0.25, -0.2) is 14.2 Å². The van der Waals surface area contributed by atoms with Crippen LogP contribution in [0.25, 0.3) is 0 Å². The number of aliphatic carboxylic acids is 1. The maximum Gasteiger partial charge on any atom is 0.327 e. The van der Waals surface area contributed by atoms with E-state index in [0.717, 1.165) is 29.9 Å². The van der Waals surface area contributed by atoms with Crippen LogP contribution in [0.2, 0.25) is 0 Å². The lowest BCUT2D eigenvalue weighted by Gasteiger charge is -2.15. The number of nitrogens with zero attached hydrogens (tertiary/aromatic N) is 1. The zero-order valence-corrected chi connectivity index (χ0v) is 22.8. The van der Waals surface area contributed by atoms with Crippen LogP contribution in [0.15, 0.2) is 30.0 Å². The first-order valence-electron chi connectivity index (χ1n) is 13.0. The van der Waals surface area contributed by atoms with E-state index < -0.39 is 17.8 Å². The quantitative estimate of drug-likeness (QED) is 0.150. The molecule has 0 radical (unpaired) electrons. The van der Waals surface area contributed by atoms with E-state index in [2.05, 4.69) is 51.0 Å². The number of carboxylic acid groups (broad SMARTS) is 1. The van der Waals surface area contributed by atoms with Crippen molar-refractivity contribution in [2.45, 2.75) is 98.4 Å². The largest absolute Gasteiger partial charge is 0.480 e. The van der Waals surface area contributed by atoms with Crippen LogP contribution in [-0.2, 0) is 4.79 Å². The molecule has 3 atom stereocenters. The van der Waals surface area contributed by atoms with Crippen molar-refractivity contribution in [3.8, 4) is 0 Å². The Morgan fingerprint density at radius 3 is 2.29 bits per heavy atom. The number of carbonyl (C=O) groups is 1. The highest BCUT2D eigenvalue weighted by atomic mass is 32.2. The minimum Gasteiger partial charge on any atom is -0.480 e. The molecular weight excluding hydrogens is 447 g/mol. The smallest absolute Gasteiger partial charge is 0.327 e. The Labute approximate surface area is 211 Å². The van der Waals surface area contributed by atoms with Crippen molar-refractivity contribution in [3.63, 3.8) is 0 Å². The van der Waals surface area contributed by atoms with Gasteiger partial charge in [0.15, 0.2) is 0 Å². The van der Waals surface area contributed by atoms with Gasteiger partial charge < -0.3 is 10.4 Å². The lowest BCUT2D eigenvalue weighted by Crippen LogP contribution is -2.32. The van der Waals surface area contributed by atoms with Crippen LogP contribution < -0.4 is 5.32 Å². The van der Waals surface area contributed by atoms with E-state index in [1.165, 1.54) is 75.3 Å². The third kappa shape index (κ3) is 15.4. The lowest BCUT2D eigenvalue weighted by atomic mass is 9.91. The van der Waals surface area contributed by atoms with Crippen LogP contribution in [0.5, 0.6) is 0 Å². The van der Waals surface area contributed by atoms with Crippen molar-refractivity contribution in [3.05, 3.63) is 35.8 Å². The van der Waals surface area contributed by atoms with Gasteiger partial charge in [0.2, 0.25) is 0 Å². The maximum atomic E-state index is 13.3. The molecule has 2 N–H and O–H groups in total. The monoisotopic (exact) mass is 494 g/mol. The molecule has 0 fully saturated rings. The van der Waals surface area contributed by atoms with Gasteiger partial charge in [-0.05, 0) is 43.6 Å². The van der Waals surface area contributed by atoms with Gasteiger partial charge in [-0.2, -0.15) is 11.8 Å². The number of nitrogens with one attached hydrogen (secondary N) is 1. The van der Waals surface area contributed by atoms with Crippen molar-refractivity contribution in [1.29, 1.82) is 0 Å². The predicted molar refractivity (Wildman–Crippen MR) is 145 cm³/mol. The molecule has 1 heterocycles. The minimum atomic E-state index is -0.960. The number of hydrogen-bond acceptors (Lipinski definition) is 4. The standard InChI is InChI=1S/C28H47FN2O2S/c1-21(2)9-6-10-22(3)11-7-12-23(4)13-8-14-24(5)16-18-34-20-26(28(32)33)31-27-19-25(29)15-17-30-27/h15-17,19,21-23,26H,6-14,18,20H2,1-5H3,(H,30,31)(H,32,33)/b24-16+. The Hall–Kier alpha value is -1.56. The second-order valence-corrected chi connectivity index (χ2v) is 11.4. The number of carboxylic acids is 1. The van der Waals surface area contributed by atoms with Gasteiger partial charge in [-0.15, -0.1) is 0 Å². The van der Waals surface area contributed by atoms with E-state index in [-0.39, 0.29) is 5.82 Å². The van der Waals surface area contributed by atoms with Crippen molar-refractivity contribution in [2.75, 3.05) is 16.8 Å². The topological polar surface area (TPSA) is 62.2 Å². The first-order valence-corrected chi connectivity index (χ1v) is 14.2. The first-order chi connectivity index (χ1) is 16.2. The summed E-state index contributed by atoms with van der Waals surface area (Å²) >= 11 is 1.56. The molecule has 1 aromatic heterocycles. The number of halogens is 1. The fourth-order valence-corrected chi connectivity index (χ4v) is 5.03. The summed E-state index contributed by atoms with van der Waals surface area (Å²) in [6.07, 6.45) is 15.2. The van der Waals surface area contributed by atoms with Gasteiger partial charge >= 0.3 is 5.97 Å². The van der Waals surface area contributed by atoms with Gasteiger partial charge in [-0.3, -0.25) is 0 Å². The van der Waals surface area contributed by atoms with E-state index in [4.69, 9.17) is 0 Å². The molecular formula is C28H47FN2O2S. The molecule has 0 spiro atoms. The number of aromatic nitrogens is 1. The first kappa shape index (κ1) is 30.5. The van der Waals surface area contributed by atoms with Crippen LogP contribution in [-0.4, -0.2) is 33.6 Å². The van der Waals surface area contributed by atoms with Gasteiger partial charge in [0.05, 0.1) is 0 Å². The molecule has 0 aliphatic rings. The fourth-order valence-electron chi connectivity index (χ4n) is 4.03. The van der Waals surface area contributed by atoms with Gasteiger partial charge in [0, 0.05) is 23.8 Å². The second kappa shape index (κ2) is 17.8. The number of anilines is 1. The van der Waals surface area contributed by atoms with Gasteiger partial charge in [0.1, 0.15) is 17.7 Å². The third-order valence-corrected chi connectivity index (χ3v) is 7.29. The van der Waals surface area contributed by atoms with Crippen LogP contribution in [0.4, 0.5) is 10.2 Å². The molecule has 194 valence electrons. The average Bonchev–Trinajstić information content (AvgIpc) is 2.75. The Morgan fingerprint density at radius 2 is 1.71 bits per heavy atom. The second-order valence-electron chi connectivity index (χ2n) is 10.3. The molecule has 0 saturated carbocycles. The van der Waals surface area contributed by atoms with Gasteiger partial charge in [-0.1, -0.05) is 84.3 Å². The Kier molecular flexibility index (Phi) is 16.0. The molecule has 1 rings (SSSR count). The summed E-state index contributed by atoms with van der Waals surface area (Å²) in [5, 5.41) is 12.2. The maximum absolute atomic E-state index is 13.3. The number of thioether (sulfide) groups is 1. The highest BCUT2D eigenvalue weighted by Gasteiger charge is 2.17. The SMILES string of the molecule is C/C(=C\CSCC(Nc1cc(F)ccn1)C(=O)O)CCCC(C)CCCC(C)CCCC(C)C. The van der Waals surface area contributed by atoms with E-state index in [0.29, 0.717) is 5.75 Å². The molecule has 0 aromatic carbocycles. The zero-order valence-electron chi connectivity index (χ0n) is 22.0. The average molecular weight is 495 g/mol. The molecule has 0 amide bonds. The molecule has 34 heavy (non-hydrogen) atoms. The number of rotatable bonds is 19. The lowest BCUT2D eigenvalue weighted by molar-refractivity contribution is -0.137. The summed E-state index contributed by atoms with van der Waals surface area (Å²) in [5.74, 6) is 2.48. The summed E-state index contributed by atoms with van der Waals surface area (Å²) in [5.41, 5.74) is 1.37. The molecule has 0 aliphatic heterocycles. The Bertz CT molecular complexity index is 726. The molecule has 3 unspecified atom stereocenters. The summed E-state index contributed by atoms with van der Waals surface area (Å²) < 4.78 is 13.3. The van der Waals surface area contributed by atoms with E-state index in [1.54, 1.807) is 11.8 Å². The van der Waals surface area contributed by atoms with Crippen LogP contribution >= 0.6 is 11.8 Å². The summed E-state index contributed by atoms with van der Waals surface area (Å²) in [7, 11) is 0. The van der Waals surface area contributed by atoms with E-state index in [9.17, 15) is 14.3 Å². The molecule has 0 bridgehead atoms. The summed E-state index contributed by atoms with van der Waals surface area (Å²) in [4.78, 5) is 15.5. The molecule has 0 saturated heterocycles. The number of pyridine rings is 1. The van der Waals surface area contributed by atoms with E-state index in [1.807, 2.05) is 0 Å². The van der Waals surface area contributed by atoms with Crippen LogP contribution in [0.1, 0.15) is 92.4 Å². The van der Waals surface area contributed by atoms with Crippen LogP contribution in [0, 0.1) is 23.6 Å². The number of allylic oxidation sites excluding steroid dienone is 1. The van der Waals surface area contributed by atoms with Crippen molar-refractivity contribution in [1.82, 2.24) is 4.98 Å².